The SMILES string of the molecule is CC1C(C)[C@H]2CC3c4[nH]c5ccc(O)cc5c4CCN(C2)C31. The molecule has 2 aromatic rings. The van der Waals surface area contributed by atoms with Gasteiger partial charge in [-0.3, -0.25) is 4.90 Å². The Morgan fingerprint density at radius 2 is 2.09 bits per heavy atom. The molecule has 6 rings (SSSR count). The summed E-state index contributed by atoms with van der Waals surface area (Å²) < 4.78 is 0. The van der Waals surface area contributed by atoms with E-state index >= 15 is 0 Å². The maximum absolute atomic E-state index is 9.87. The molecule has 4 bridgehead atoms. The van der Waals surface area contributed by atoms with Crippen molar-refractivity contribution in [1.82, 2.24) is 9.88 Å². The van der Waals surface area contributed by atoms with E-state index in [1.807, 2.05) is 12.1 Å². The van der Waals surface area contributed by atoms with E-state index in [9.17, 15) is 5.11 Å². The third kappa shape index (κ3) is 1.55. The van der Waals surface area contributed by atoms with Crippen molar-refractivity contribution in [3.63, 3.8) is 0 Å². The molecule has 2 saturated heterocycles. The summed E-state index contributed by atoms with van der Waals surface area (Å²) in [6, 6.07) is 6.47. The second-order valence-electron chi connectivity index (χ2n) is 7.80. The van der Waals surface area contributed by atoms with E-state index < -0.39 is 0 Å². The highest BCUT2D eigenvalue weighted by Crippen LogP contribution is 2.52. The lowest BCUT2D eigenvalue weighted by Crippen LogP contribution is -2.59. The van der Waals surface area contributed by atoms with Crippen LogP contribution in [0.15, 0.2) is 18.2 Å². The number of piperidine rings is 2. The molecule has 3 fully saturated rings. The first-order chi connectivity index (χ1) is 10.6. The largest absolute Gasteiger partial charge is 0.508 e. The summed E-state index contributed by atoms with van der Waals surface area (Å²) in [7, 11) is 0. The Morgan fingerprint density at radius 3 is 2.91 bits per heavy atom. The van der Waals surface area contributed by atoms with Gasteiger partial charge in [-0.05, 0) is 54.4 Å². The fourth-order valence-electron chi connectivity index (χ4n) is 5.66. The standard InChI is InChI=1S/C19H24N2O/c1-10-11(2)19-16-7-12(10)9-21(19)6-5-14-15-8-13(22)3-4-17(15)20-18(14)16/h3-4,8,10-12,16,19-20,22H,5-7,9H2,1-2H3/t10?,11?,12-,16?,19?/m0/s1. The number of hydrogen-bond acceptors (Lipinski definition) is 2. The van der Waals surface area contributed by atoms with E-state index in [-0.39, 0.29) is 0 Å². The van der Waals surface area contributed by atoms with E-state index in [4.69, 9.17) is 0 Å². The van der Waals surface area contributed by atoms with Gasteiger partial charge in [0.05, 0.1) is 0 Å². The Balaban J connectivity index is 1.70. The summed E-state index contributed by atoms with van der Waals surface area (Å²) in [5.74, 6) is 3.51. The fourth-order valence-corrected chi connectivity index (χ4v) is 5.66. The monoisotopic (exact) mass is 296 g/mol. The van der Waals surface area contributed by atoms with Crippen LogP contribution in [-0.4, -0.2) is 34.1 Å². The van der Waals surface area contributed by atoms with Crippen molar-refractivity contribution in [3.8, 4) is 5.75 Å². The molecule has 3 heteroatoms. The molecule has 3 nitrogen and oxygen atoms in total. The molecule has 4 heterocycles. The lowest BCUT2D eigenvalue weighted by molar-refractivity contribution is -0.0454. The Labute approximate surface area is 131 Å². The molecule has 0 radical (unpaired) electrons. The molecule has 1 aliphatic carbocycles. The van der Waals surface area contributed by atoms with Crippen LogP contribution < -0.4 is 0 Å². The second-order valence-corrected chi connectivity index (χ2v) is 7.80. The summed E-state index contributed by atoms with van der Waals surface area (Å²) in [6.07, 6.45) is 2.44. The smallest absolute Gasteiger partial charge is 0.116 e. The average molecular weight is 296 g/mol. The van der Waals surface area contributed by atoms with Crippen LogP contribution in [0.1, 0.15) is 37.4 Å². The summed E-state index contributed by atoms with van der Waals surface area (Å²) in [4.78, 5) is 6.48. The van der Waals surface area contributed by atoms with Gasteiger partial charge in [0, 0.05) is 41.6 Å². The van der Waals surface area contributed by atoms with Crippen LogP contribution >= 0.6 is 0 Å². The van der Waals surface area contributed by atoms with Crippen LogP contribution in [0.25, 0.3) is 10.9 Å². The van der Waals surface area contributed by atoms with Gasteiger partial charge in [-0.15, -0.1) is 0 Å². The Bertz CT molecular complexity index is 747. The summed E-state index contributed by atoms with van der Waals surface area (Å²) in [5, 5.41) is 11.1. The van der Waals surface area contributed by atoms with Crippen LogP contribution in [0.4, 0.5) is 0 Å². The van der Waals surface area contributed by atoms with Crippen molar-refractivity contribution in [2.75, 3.05) is 13.1 Å². The molecule has 1 aromatic carbocycles. The van der Waals surface area contributed by atoms with Gasteiger partial charge in [-0.1, -0.05) is 13.8 Å². The minimum atomic E-state index is 0.380. The van der Waals surface area contributed by atoms with Crippen LogP contribution in [0.5, 0.6) is 5.75 Å². The zero-order valence-corrected chi connectivity index (χ0v) is 13.3. The first-order valence-corrected chi connectivity index (χ1v) is 8.71. The van der Waals surface area contributed by atoms with E-state index in [0.29, 0.717) is 17.7 Å². The van der Waals surface area contributed by atoms with Gasteiger partial charge >= 0.3 is 0 Å². The number of aromatic hydroxyl groups is 1. The molecule has 0 spiro atoms. The van der Waals surface area contributed by atoms with E-state index in [0.717, 1.165) is 24.2 Å². The summed E-state index contributed by atoms with van der Waals surface area (Å²) in [5.41, 5.74) is 4.13. The third-order valence-electron chi connectivity index (χ3n) is 6.91. The van der Waals surface area contributed by atoms with Gasteiger partial charge in [-0.25, -0.2) is 0 Å². The van der Waals surface area contributed by atoms with Crippen molar-refractivity contribution in [1.29, 1.82) is 0 Å². The molecule has 5 unspecified atom stereocenters. The van der Waals surface area contributed by atoms with Crippen molar-refractivity contribution in [2.45, 2.75) is 38.6 Å². The number of nitrogens with one attached hydrogen (secondary N) is 1. The van der Waals surface area contributed by atoms with E-state index in [1.165, 1.54) is 41.7 Å². The number of hydrogen-bond donors (Lipinski definition) is 2. The minimum absolute atomic E-state index is 0.380. The molecule has 2 N–H and O–H groups in total. The molecule has 4 aliphatic rings. The highest BCUT2D eigenvalue weighted by atomic mass is 16.3. The molecule has 6 atom stereocenters. The van der Waals surface area contributed by atoms with Crippen LogP contribution in [0, 0.1) is 17.8 Å². The Morgan fingerprint density at radius 1 is 1.23 bits per heavy atom. The summed E-state index contributed by atoms with van der Waals surface area (Å²) >= 11 is 0. The first-order valence-electron chi connectivity index (χ1n) is 8.71. The molecular formula is C19H24N2O. The van der Waals surface area contributed by atoms with Crippen molar-refractivity contribution in [2.24, 2.45) is 17.8 Å². The molecular weight excluding hydrogens is 272 g/mol. The predicted octanol–water partition coefficient (Wildman–Crippen LogP) is 3.49. The minimum Gasteiger partial charge on any atom is -0.508 e. The number of aromatic amines is 1. The van der Waals surface area contributed by atoms with Gasteiger partial charge in [0.25, 0.3) is 0 Å². The molecule has 3 aliphatic heterocycles. The number of H-pyrrole nitrogens is 1. The zero-order chi connectivity index (χ0) is 15.0. The predicted molar refractivity (Wildman–Crippen MR) is 88.2 cm³/mol. The number of fused-ring (bicyclic) bond motifs is 4. The molecule has 0 amide bonds. The number of nitrogens with zero attached hydrogens (tertiary/aromatic N) is 1. The van der Waals surface area contributed by atoms with Crippen molar-refractivity contribution >= 4 is 10.9 Å². The number of rotatable bonds is 0. The Kier molecular flexibility index (Phi) is 2.53. The van der Waals surface area contributed by atoms with Gasteiger partial charge in [-0.2, -0.15) is 0 Å². The normalized spacial score (nSPS) is 39.7. The molecule has 1 saturated carbocycles. The molecule has 1 aromatic heterocycles. The number of phenolic OH excluding ortho intramolecular Hbond substituents is 1. The molecule has 22 heavy (non-hydrogen) atoms. The summed E-state index contributed by atoms with van der Waals surface area (Å²) in [6.45, 7) is 7.38. The van der Waals surface area contributed by atoms with Crippen molar-refractivity contribution in [3.05, 3.63) is 29.5 Å². The van der Waals surface area contributed by atoms with Crippen LogP contribution in [0.3, 0.4) is 0 Å². The maximum atomic E-state index is 9.87. The number of aromatic nitrogens is 1. The third-order valence-corrected chi connectivity index (χ3v) is 6.91. The Hall–Kier alpha value is -1.48. The highest BCUT2D eigenvalue weighted by Gasteiger charge is 2.51. The first kappa shape index (κ1) is 13.0. The lowest BCUT2D eigenvalue weighted by Gasteiger charge is -2.55. The van der Waals surface area contributed by atoms with Gasteiger partial charge in [0.15, 0.2) is 0 Å². The number of benzene rings is 1. The molecule has 116 valence electrons. The van der Waals surface area contributed by atoms with Gasteiger partial charge in [0.2, 0.25) is 0 Å². The quantitative estimate of drug-likeness (QED) is 0.781. The number of phenols is 1. The second kappa shape index (κ2) is 4.29. The lowest BCUT2D eigenvalue weighted by atomic mass is 9.61. The topological polar surface area (TPSA) is 39.3 Å². The van der Waals surface area contributed by atoms with Crippen LogP contribution in [0.2, 0.25) is 0 Å². The zero-order valence-electron chi connectivity index (χ0n) is 13.3. The van der Waals surface area contributed by atoms with Crippen LogP contribution in [-0.2, 0) is 6.42 Å². The van der Waals surface area contributed by atoms with Gasteiger partial charge in [0.1, 0.15) is 5.75 Å². The highest BCUT2D eigenvalue weighted by molar-refractivity contribution is 5.86. The maximum Gasteiger partial charge on any atom is 0.116 e. The van der Waals surface area contributed by atoms with E-state index in [2.05, 4.69) is 23.7 Å². The average Bonchev–Trinajstić information content (AvgIpc) is 2.82. The van der Waals surface area contributed by atoms with E-state index in [1.54, 1.807) is 6.07 Å². The fraction of sp³-hybridized carbons (Fsp3) is 0.579. The van der Waals surface area contributed by atoms with Gasteiger partial charge < -0.3 is 10.1 Å². The van der Waals surface area contributed by atoms with Crippen molar-refractivity contribution < 1.29 is 5.11 Å².